The fraction of sp³-hybridized carbons (Fsp3) is 0.357. The first-order valence-corrected chi connectivity index (χ1v) is 5.82. The predicted octanol–water partition coefficient (Wildman–Crippen LogP) is 1.60. The van der Waals surface area contributed by atoms with Gasteiger partial charge in [-0.15, -0.1) is 6.58 Å². The molecule has 18 heavy (non-hydrogen) atoms. The molecule has 0 saturated carbocycles. The molecule has 0 bridgehead atoms. The summed E-state index contributed by atoms with van der Waals surface area (Å²) in [5, 5.41) is 27.8. The van der Waals surface area contributed by atoms with E-state index in [4.69, 9.17) is 10.4 Å². The van der Waals surface area contributed by atoms with E-state index in [1.807, 2.05) is 4.90 Å². The number of rotatable bonds is 6. The Morgan fingerprint density at radius 1 is 1.56 bits per heavy atom. The van der Waals surface area contributed by atoms with E-state index in [0.29, 0.717) is 18.7 Å². The number of nitriles is 1. The highest BCUT2D eigenvalue weighted by atomic mass is 16.3. The lowest BCUT2D eigenvalue weighted by Crippen LogP contribution is -2.28. The largest absolute Gasteiger partial charge is 0.395 e. The summed E-state index contributed by atoms with van der Waals surface area (Å²) < 4.78 is 0. The molecule has 1 aromatic rings. The van der Waals surface area contributed by atoms with Gasteiger partial charge in [0, 0.05) is 24.3 Å². The zero-order valence-corrected chi connectivity index (χ0v) is 10.5. The lowest BCUT2D eigenvalue weighted by atomic mass is 10.0. The molecule has 1 atom stereocenters. The Morgan fingerprint density at radius 2 is 2.28 bits per heavy atom. The van der Waals surface area contributed by atoms with Crippen LogP contribution in [0.15, 0.2) is 30.9 Å². The van der Waals surface area contributed by atoms with Crippen molar-refractivity contribution >= 4 is 5.69 Å². The third-order valence-corrected chi connectivity index (χ3v) is 2.67. The van der Waals surface area contributed by atoms with Crippen LogP contribution in [-0.2, 0) is 0 Å². The Kier molecular flexibility index (Phi) is 5.37. The second-order valence-corrected chi connectivity index (χ2v) is 4.02. The van der Waals surface area contributed by atoms with Gasteiger partial charge in [-0.3, -0.25) is 0 Å². The van der Waals surface area contributed by atoms with Crippen molar-refractivity contribution in [2.24, 2.45) is 0 Å². The van der Waals surface area contributed by atoms with Crippen molar-refractivity contribution < 1.29 is 10.2 Å². The molecule has 0 aliphatic carbocycles. The molecule has 0 saturated heterocycles. The number of aliphatic hydroxyl groups excluding tert-OH is 2. The summed E-state index contributed by atoms with van der Waals surface area (Å²) in [4.78, 5) is 1.88. The fourth-order valence-electron chi connectivity index (χ4n) is 1.83. The van der Waals surface area contributed by atoms with Crippen LogP contribution in [0.25, 0.3) is 0 Å². The van der Waals surface area contributed by atoms with Gasteiger partial charge in [0.25, 0.3) is 0 Å². The Bertz CT molecular complexity index is 450. The maximum atomic E-state index is 9.76. The molecule has 0 fully saturated rings. The highest BCUT2D eigenvalue weighted by Crippen LogP contribution is 2.27. The molecule has 0 amide bonds. The molecule has 0 aliphatic rings. The number of hydrogen-bond donors (Lipinski definition) is 2. The van der Waals surface area contributed by atoms with Crippen LogP contribution in [0.4, 0.5) is 5.69 Å². The van der Waals surface area contributed by atoms with Crippen molar-refractivity contribution in [2.75, 3.05) is 24.6 Å². The zero-order valence-electron chi connectivity index (χ0n) is 10.5. The van der Waals surface area contributed by atoms with Gasteiger partial charge in [0.2, 0.25) is 0 Å². The summed E-state index contributed by atoms with van der Waals surface area (Å²) in [5.41, 5.74) is 2.03. The maximum absolute atomic E-state index is 9.76. The van der Waals surface area contributed by atoms with E-state index in [-0.39, 0.29) is 6.61 Å². The first-order valence-electron chi connectivity index (χ1n) is 5.82. The molecule has 0 radical (unpaired) electrons. The summed E-state index contributed by atoms with van der Waals surface area (Å²) in [7, 11) is 0. The van der Waals surface area contributed by atoms with E-state index in [9.17, 15) is 5.11 Å². The van der Waals surface area contributed by atoms with Crippen LogP contribution >= 0.6 is 0 Å². The number of benzene rings is 1. The van der Waals surface area contributed by atoms with Gasteiger partial charge in [0.1, 0.15) is 0 Å². The first kappa shape index (κ1) is 14.2. The van der Waals surface area contributed by atoms with Crippen LogP contribution in [0.5, 0.6) is 0 Å². The Morgan fingerprint density at radius 3 is 2.78 bits per heavy atom. The minimum absolute atomic E-state index is 0.00384. The van der Waals surface area contributed by atoms with Crippen molar-refractivity contribution in [3.8, 4) is 6.07 Å². The van der Waals surface area contributed by atoms with Crippen molar-refractivity contribution in [3.63, 3.8) is 0 Å². The first-order chi connectivity index (χ1) is 8.63. The Labute approximate surface area is 107 Å². The number of nitrogens with zero attached hydrogens (tertiary/aromatic N) is 2. The van der Waals surface area contributed by atoms with Crippen LogP contribution in [-0.4, -0.2) is 29.9 Å². The zero-order chi connectivity index (χ0) is 13.5. The lowest BCUT2D eigenvalue weighted by molar-refractivity contribution is 0.199. The minimum Gasteiger partial charge on any atom is -0.395 e. The SMILES string of the molecule is C=CCN(CCO)c1cc(C#N)ccc1[C@@H](C)O. The average molecular weight is 246 g/mol. The molecule has 96 valence electrons. The summed E-state index contributed by atoms with van der Waals surface area (Å²) in [6, 6.07) is 7.22. The Balaban J connectivity index is 3.23. The van der Waals surface area contributed by atoms with Crippen molar-refractivity contribution in [2.45, 2.75) is 13.0 Å². The predicted molar refractivity (Wildman–Crippen MR) is 71.3 cm³/mol. The van der Waals surface area contributed by atoms with E-state index >= 15 is 0 Å². The van der Waals surface area contributed by atoms with Gasteiger partial charge < -0.3 is 15.1 Å². The second-order valence-electron chi connectivity index (χ2n) is 4.02. The highest BCUT2D eigenvalue weighted by Gasteiger charge is 2.14. The van der Waals surface area contributed by atoms with Gasteiger partial charge in [-0.05, 0) is 19.1 Å². The van der Waals surface area contributed by atoms with Crippen molar-refractivity contribution in [1.29, 1.82) is 5.26 Å². The van der Waals surface area contributed by atoms with Crippen LogP contribution in [0.3, 0.4) is 0 Å². The molecule has 2 N–H and O–H groups in total. The molecule has 0 aromatic heterocycles. The van der Waals surface area contributed by atoms with Crippen molar-refractivity contribution in [1.82, 2.24) is 0 Å². The maximum Gasteiger partial charge on any atom is 0.0992 e. The quantitative estimate of drug-likeness (QED) is 0.748. The summed E-state index contributed by atoms with van der Waals surface area (Å²) in [5.74, 6) is 0. The number of anilines is 1. The number of aliphatic hydroxyl groups is 2. The van der Waals surface area contributed by atoms with Gasteiger partial charge in [0.15, 0.2) is 0 Å². The number of hydrogen-bond acceptors (Lipinski definition) is 4. The molecule has 0 unspecified atom stereocenters. The van der Waals surface area contributed by atoms with Gasteiger partial charge in [-0.2, -0.15) is 5.26 Å². The molecular formula is C14H18N2O2. The second kappa shape index (κ2) is 6.80. The Hall–Kier alpha value is -1.83. The molecular weight excluding hydrogens is 228 g/mol. The molecule has 4 nitrogen and oxygen atoms in total. The van der Waals surface area contributed by atoms with E-state index < -0.39 is 6.10 Å². The highest BCUT2D eigenvalue weighted by molar-refractivity contribution is 5.58. The smallest absolute Gasteiger partial charge is 0.0992 e. The molecule has 0 spiro atoms. The lowest BCUT2D eigenvalue weighted by Gasteiger charge is -2.26. The van der Waals surface area contributed by atoms with E-state index in [0.717, 1.165) is 11.3 Å². The van der Waals surface area contributed by atoms with Crippen molar-refractivity contribution in [3.05, 3.63) is 42.0 Å². The van der Waals surface area contributed by atoms with E-state index in [1.165, 1.54) is 0 Å². The monoisotopic (exact) mass is 246 g/mol. The summed E-state index contributed by atoms with van der Waals surface area (Å²) >= 11 is 0. The molecule has 1 aromatic carbocycles. The van der Waals surface area contributed by atoms with Crippen LogP contribution in [0.1, 0.15) is 24.2 Å². The topological polar surface area (TPSA) is 67.5 Å². The van der Waals surface area contributed by atoms with Gasteiger partial charge in [-0.1, -0.05) is 12.1 Å². The normalized spacial score (nSPS) is 11.7. The molecule has 4 heteroatoms. The van der Waals surface area contributed by atoms with Gasteiger partial charge in [0.05, 0.1) is 24.3 Å². The van der Waals surface area contributed by atoms with Crippen LogP contribution in [0, 0.1) is 11.3 Å². The summed E-state index contributed by atoms with van der Waals surface area (Å²) in [6.45, 7) is 6.34. The average Bonchev–Trinajstić information content (AvgIpc) is 2.37. The molecule has 1 rings (SSSR count). The minimum atomic E-state index is -0.626. The molecule has 0 aliphatic heterocycles. The third kappa shape index (κ3) is 3.33. The third-order valence-electron chi connectivity index (χ3n) is 2.67. The summed E-state index contributed by atoms with van der Waals surface area (Å²) in [6.07, 6.45) is 1.10. The van der Waals surface area contributed by atoms with Crippen LogP contribution < -0.4 is 4.90 Å². The molecule has 0 heterocycles. The van der Waals surface area contributed by atoms with E-state index in [1.54, 1.807) is 31.2 Å². The van der Waals surface area contributed by atoms with Crippen LogP contribution in [0.2, 0.25) is 0 Å². The standard InChI is InChI=1S/C14H18N2O2/c1-3-6-16(7-8-17)14-9-12(10-15)4-5-13(14)11(2)18/h3-5,9,11,17-18H,1,6-8H2,2H3/t11-/m1/s1. The van der Waals surface area contributed by atoms with Gasteiger partial charge in [-0.25, -0.2) is 0 Å². The van der Waals surface area contributed by atoms with E-state index in [2.05, 4.69) is 12.6 Å². The fourth-order valence-corrected chi connectivity index (χ4v) is 1.83. The van der Waals surface area contributed by atoms with Gasteiger partial charge >= 0.3 is 0 Å².